The second kappa shape index (κ2) is 8.59. The van der Waals surface area contributed by atoms with Crippen LogP contribution in [0.15, 0.2) is 24.4 Å². The van der Waals surface area contributed by atoms with Crippen LogP contribution in [0.5, 0.6) is 0 Å². The maximum Gasteiger partial charge on any atom is 0.270 e. The van der Waals surface area contributed by atoms with Crippen LogP contribution >= 0.6 is 0 Å². The van der Waals surface area contributed by atoms with Crippen LogP contribution in [-0.2, 0) is 9.53 Å². The molecule has 2 unspecified atom stereocenters. The molecule has 126 valence electrons. The van der Waals surface area contributed by atoms with Crippen LogP contribution in [0.3, 0.4) is 0 Å². The van der Waals surface area contributed by atoms with Gasteiger partial charge in [0.2, 0.25) is 5.91 Å². The fourth-order valence-electron chi connectivity index (χ4n) is 2.53. The minimum absolute atomic E-state index is 0.0352. The molecule has 0 saturated carbocycles. The number of ether oxygens (including phenoxy) is 1. The Morgan fingerprint density at radius 2 is 2.30 bits per heavy atom. The summed E-state index contributed by atoms with van der Waals surface area (Å²) in [6, 6.07) is 4.71. The molecule has 2 N–H and O–H groups in total. The molecule has 0 bridgehead atoms. The van der Waals surface area contributed by atoms with Crippen molar-refractivity contribution in [1.29, 1.82) is 0 Å². The summed E-state index contributed by atoms with van der Waals surface area (Å²) in [6.45, 7) is 3.58. The average molecular weight is 321 g/mol. The van der Waals surface area contributed by atoms with Crippen LogP contribution in [0.2, 0.25) is 0 Å². The van der Waals surface area contributed by atoms with Gasteiger partial charge in [0, 0.05) is 25.9 Å². The predicted octanol–water partition coefficient (Wildman–Crippen LogP) is 0.200. The number of nitrogens with one attached hydrogen (secondary N) is 1. The largest absolute Gasteiger partial charge is 0.389 e. The number of pyridine rings is 1. The van der Waals surface area contributed by atoms with E-state index in [1.165, 1.54) is 0 Å². The molecule has 1 fully saturated rings. The van der Waals surface area contributed by atoms with Crippen LogP contribution in [0, 0.1) is 0 Å². The van der Waals surface area contributed by atoms with Crippen molar-refractivity contribution in [3.63, 3.8) is 0 Å². The van der Waals surface area contributed by atoms with Crippen molar-refractivity contribution in [3.05, 3.63) is 30.1 Å². The molecule has 0 aromatic carbocycles. The lowest BCUT2D eigenvalue weighted by molar-refractivity contribution is -0.135. The molecule has 7 heteroatoms. The molecule has 1 aliphatic heterocycles. The van der Waals surface area contributed by atoms with Crippen LogP contribution in [0.4, 0.5) is 0 Å². The fourth-order valence-corrected chi connectivity index (χ4v) is 2.53. The van der Waals surface area contributed by atoms with E-state index in [9.17, 15) is 14.7 Å². The summed E-state index contributed by atoms with van der Waals surface area (Å²) < 4.78 is 5.17. The van der Waals surface area contributed by atoms with E-state index in [0.717, 1.165) is 0 Å². The fraction of sp³-hybridized carbons (Fsp3) is 0.562. The molecule has 7 nitrogen and oxygen atoms in total. The number of hydrogen-bond acceptors (Lipinski definition) is 5. The monoisotopic (exact) mass is 321 g/mol. The zero-order valence-corrected chi connectivity index (χ0v) is 13.3. The van der Waals surface area contributed by atoms with E-state index >= 15 is 0 Å². The van der Waals surface area contributed by atoms with Crippen LogP contribution in [0.1, 0.15) is 30.3 Å². The van der Waals surface area contributed by atoms with Gasteiger partial charge in [-0.05, 0) is 25.5 Å². The van der Waals surface area contributed by atoms with E-state index < -0.39 is 6.10 Å². The lowest BCUT2D eigenvalue weighted by Crippen LogP contribution is -2.55. The summed E-state index contributed by atoms with van der Waals surface area (Å²) in [6.07, 6.45) is 1.59. The quantitative estimate of drug-likeness (QED) is 0.730. The van der Waals surface area contributed by atoms with Crippen LogP contribution < -0.4 is 5.32 Å². The van der Waals surface area contributed by atoms with Crippen molar-refractivity contribution in [2.75, 3.05) is 26.3 Å². The number of aromatic nitrogens is 1. The summed E-state index contributed by atoms with van der Waals surface area (Å²) in [5, 5.41) is 13.0. The van der Waals surface area contributed by atoms with Gasteiger partial charge in [-0.3, -0.25) is 14.6 Å². The third-order valence-electron chi connectivity index (χ3n) is 3.81. The van der Waals surface area contributed by atoms with E-state index in [4.69, 9.17) is 4.74 Å². The Hall–Kier alpha value is -1.99. The first kappa shape index (κ1) is 17.4. The Balaban J connectivity index is 1.82. The van der Waals surface area contributed by atoms with Crippen molar-refractivity contribution in [3.8, 4) is 0 Å². The molecule has 1 aliphatic rings. The van der Waals surface area contributed by atoms with Gasteiger partial charge in [-0.2, -0.15) is 0 Å². The number of nitrogens with zero attached hydrogens (tertiary/aromatic N) is 2. The van der Waals surface area contributed by atoms with Crippen molar-refractivity contribution < 1.29 is 19.4 Å². The smallest absolute Gasteiger partial charge is 0.270 e. The molecular weight excluding hydrogens is 298 g/mol. The number of carbonyl (C=O) groups excluding carboxylic acids is 2. The number of rotatable bonds is 6. The number of piperidine rings is 1. The van der Waals surface area contributed by atoms with Crippen molar-refractivity contribution in [1.82, 2.24) is 15.2 Å². The van der Waals surface area contributed by atoms with Gasteiger partial charge in [0.05, 0.1) is 25.2 Å². The Kier molecular flexibility index (Phi) is 6.49. The third kappa shape index (κ3) is 5.01. The maximum atomic E-state index is 12.1. The third-order valence-corrected chi connectivity index (χ3v) is 3.81. The molecule has 2 amide bonds. The first-order valence-corrected chi connectivity index (χ1v) is 7.87. The van der Waals surface area contributed by atoms with Gasteiger partial charge in [0.25, 0.3) is 5.91 Å². The van der Waals surface area contributed by atoms with Crippen molar-refractivity contribution in [2.45, 2.75) is 31.9 Å². The molecular formula is C16H23N3O4. The number of amides is 2. The van der Waals surface area contributed by atoms with E-state index in [2.05, 4.69) is 10.3 Å². The SMILES string of the molecule is CCOCCC(=O)N1CCC(NC(=O)c2ccccn2)C(O)C1. The zero-order valence-electron chi connectivity index (χ0n) is 13.3. The van der Waals surface area contributed by atoms with E-state index in [1.807, 2.05) is 6.92 Å². The number of likely N-dealkylation sites (tertiary alicyclic amines) is 1. The normalized spacial score (nSPS) is 21.0. The highest BCUT2D eigenvalue weighted by atomic mass is 16.5. The van der Waals surface area contributed by atoms with E-state index in [0.29, 0.717) is 38.3 Å². The van der Waals surface area contributed by atoms with Gasteiger partial charge in [-0.25, -0.2) is 0 Å². The molecule has 1 aromatic heterocycles. The summed E-state index contributed by atoms with van der Waals surface area (Å²) in [4.78, 5) is 29.7. The molecule has 0 spiro atoms. The highest BCUT2D eigenvalue weighted by Crippen LogP contribution is 2.13. The zero-order chi connectivity index (χ0) is 16.7. The van der Waals surface area contributed by atoms with Gasteiger partial charge >= 0.3 is 0 Å². The topological polar surface area (TPSA) is 91.8 Å². The number of aliphatic hydroxyl groups excluding tert-OH is 1. The molecule has 2 heterocycles. The Morgan fingerprint density at radius 1 is 1.48 bits per heavy atom. The molecule has 0 radical (unpaired) electrons. The van der Waals surface area contributed by atoms with Crippen LogP contribution in [0.25, 0.3) is 0 Å². The summed E-state index contributed by atoms with van der Waals surface area (Å²) >= 11 is 0. The van der Waals surface area contributed by atoms with Gasteiger partial charge in [-0.1, -0.05) is 6.07 Å². The number of β-amino-alcohol motifs (C(OH)–C–C–N with tert-alkyl or cyclic N) is 1. The van der Waals surface area contributed by atoms with Gasteiger partial charge < -0.3 is 20.1 Å². The molecule has 1 saturated heterocycles. The molecule has 0 aliphatic carbocycles. The Bertz CT molecular complexity index is 523. The number of aliphatic hydroxyl groups is 1. The molecule has 2 atom stereocenters. The standard InChI is InChI=1S/C16H23N3O4/c1-2-23-10-7-15(21)19-9-6-12(14(20)11-19)18-16(22)13-5-3-4-8-17-13/h3-5,8,12,14,20H,2,6-7,9-11H2,1H3,(H,18,22). The summed E-state index contributed by atoms with van der Waals surface area (Å²) in [7, 11) is 0. The summed E-state index contributed by atoms with van der Waals surface area (Å²) in [5.41, 5.74) is 0.315. The highest BCUT2D eigenvalue weighted by molar-refractivity contribution is 5.92. The lowest BCUT2D eigenvalue weighted by Gasteiger charge is -2.36. The molecule has 2 rings (SSSR count). The van der Waals surface area contributed by atoms with Gasteiger partial charge in [0.1, 0.15) is 5.69 Å². The van der Waals surface area contributed by atoms with Gasteiger partial charge in [0.15, 0.2) is 0 Å². The Morgan fingerprint density at radius 3 is 2.96 bits per heavy atom. The van der Waals surface area contributed by atoms with E-state index in [1.54, 1.807) is 29.3 Å². The van der Waals surface area contributed by atoms with Gasteiger partial charge in [-0.15, -0.1) is 0 Å². The highest BCUT2D eigenvalue weighted by Gasteiger charge is 2.31. The first-order chi connectivity index (χ1) is 11.1. The molecule has 1 aromatic rings. The van der Waals surface area contributed by atoms with Crippen molar-refractivity contribution in [2.24, 2.45) is 0 Å². The minimum Gasteiger partial charge on any atom is -0.389 e. The Labute approximate surface area is 135 Å². The average Bonchev–Trinajstić information content (AvgIpc) is 2.57. The second-order valence-corrected chi connectivity index (χ2v) is 5.44. The second-order valence-electron chi connectivity index (χ2n) is 5.44. The van der Waals surface area contributed by atoms with Crippen LogP contribution in [-0.4, -0.2) is 65.3 Å². The summed E-state index contributed by atoms with van der Waals surface area (Å²) in [5.74, 6) is -0.349. The number of hydrogen-bond donors (Lipinski definition) is 2. The predicted molar refractivity (Wildman–Crippen MR) is 83.8 cm³/mol. The number of carbonyl (C=O) groups is 2. The minimum atomic E-state index is -0.785. The maximum absolute atomic E-state index is 12.1. The van der Waals surface area contributed by atoms with E-state index in [-0.39, 0.29) is 24.4 Å². The molecule has 23 heavy (non-hydrogen) atoms. The van der Waals surface area contributed by atoms with Crippen molar-refractivity contribution >= 4 is 11.8 Å². The first-order valence-electron chi connectivity index (χ1n) is 7.87. The lowest BCUT2D eigenvalue weighted by atomic mass is 10.0.